The SMILES string of the molecule is Cc1ccc(-c2nc(C(=O)NCCCN3CCCC3=O)c3n2CCCCC3)cc1. The second kappa shape index (κ2) is 8.80. The summed E-state index contributed by atoms with van der Waals surface area (Å²) in [6.07, 6.45) is 6.68. The third-order valence-electron chi connectivity index (χ3n) is 5.95. The third kappa shape index (κ3) is 4.36. The van der Waals surface area contributed by atoms with Crippen molar-refractivity contribution in [1.29, 1.82) is 0 Å². The van der Waals surface area contributed by atoms with Gasteiger partial charge in [-0.25, -0.2) is 4.98 Å². The van der Waals surface area contributed by atoms with Gasteiger partial charge >= 0.3 is 0 Å². The first-order chi connectivity index (χ1) is 14.1. The van der Waals surface area contributed by atoms with Gasteiger partial charge in [0.1, 0.15) is 11.5 Å². The number of aromatic nitrogens is 2. The van der Waals surface area contributed by atoms with Crippen LogP contribution in [0.25, 0.3) is 11.4 Å². The number of imidazole rings is 1. The van der Waals surface area contributed by atoms with E-state index in [2.05, 4.69) is 41.1 Å². The van der Waals surface area contributed by atoms with Gasteiger partial charge in [0.2, 0.25) is 5.91 Å². The van der Waals surface area contributed by atoms with Crippen molar-refractivity contribution in [3.63, 3.8) is 0 Å². The molecule has 4 rings (SSSR count). The maximum atomic E-state index is 12.9. The Morgan fingerprint density at radius 3 is 2.66 bits per heavy atom. The monoisotopic (exact) mass is 394 g/mol. The number of nitrogens with one attached hydrogen (secondary N) is 1. The van der Waals surface area contributed by atoms with E-state index in [9.17, 15) is 9.59 Å². The summed E-state index contributed by atoms with van der Waals surface area (Å²) in [6, 6.07) is 8.36. The van der Waals surface area contributed by atoms with Crippen molar-refractivity contribution in [2.24, 2.45) is 0 Å². The zero-order chi connectivity index (χ0) is 20.2. The van der Waals surface area contributed by atoms with Gasteiger partial charge in [0.05, 0.1) is 5.69 Å². The zero-order valence-corrected chi connectivity index (χ0v) is 17.2. The number of nitrogens with zero attached hydrogens (tertiary/aromatic N) is 3. The van der Waals surface area contributed by atoms with E-state index in [0.717, 1.165) is 68.8 Å². The second-order valence-electron chi connectivity index (χ2n) is 8.15. The molecule has 0 radical (unpaired) electrons. The van der Waals surface area contributed by atoms with Crippen LogP contribution in [0.3, 0.4) is 0 Å². The molecule has 0 saturated carbocycles. The van der Waals surface area contributed by atoms with E-state index >= 15 is 0 Å². The molecule has 0 bridgehead atoms. The van der Waals surface area contributed by atoms with Crippen LogP contribution in [-0.2, 0) is 17.8 Å². The normalized spacial score (nSPS) is 16.6. The minimum atomic E-state index is -0.0956. The van der Waals surface area contributed by atoms with E-state index in [-0.39, 0.29) is 11.8 Å². The topological polar surface area (TPSA) is 67.2 Å². The molecule has 2 aliphatic rings. The minimum Gasteiger partial charge on any atom is -0.351 e. The molecule has 1 N–H and O–H groups in total. The minimum absolute atomic E-state index is 0.0956. The summed E-state index contributed by atoms with van der Waals surface area (Å²) in [5.41, 5.74) is 3.90. The van der Waals surface area contributed by atoms with Crippen LogP contribution in [0.15, 0.2) is 24.3 Å². The summed E-state index contributed by atoms with van der Waals surface area (Å²) in [7, 11) is 0. The number of fused-ring (bicyclic) bond motifs is 1. The van der Waals surface area contributed by atoms with Gasteiger partial charge in [-0.15, -0.1) is 0 Å². The van der Waals surface area contributed by atoms with E-state index in [1.54, 1.807) is 0 Å². The predicted octanol–water partition coefficient (Wildman–Crippen LogP) is 3.33. The fourth-order valence-corrected chi connectivity index (χ4v) is 4.32. The highest BCUT2D eigenvalue weighted by atomic mass is 16.2. The summed E-state index contributed by atoms with van der Waals surface area (Å²) >= 11 is 0. The van der Waals surface area contributed by atoms with Crippen LogP contribution in [0.4, 0.5) is 0 Å². The number of rotatable bonds is 6. The lowest BCUT2D eigenvalue weighted by atomic mass is 10.1. The number of hydrogen-bond acceptors (Lipinski definition) is 3. The van der Waals surface area contributed by atoms with E-state index in [4.69, 9.17) is 4.98 Å². The highest BCUT2D eigenvalue weighted by Gasteiger charge is 2.24. The van der Waals surface area contributed by atoms with E-state index in [1.807, 2.05) is 4.90 Å². The standard InChI is InChI=1S/C23H30N4O2/c1-17-9-11-18(12-10-17)22-25-21(19-7-3-2-4-16-27(19)22)23(29)24-13-6-15-26-14-5-8-20(26)28/h9-12H,2-8,13-16H2,1H3,(H,24,29). The maximum absolute atomic E-state index is 12.9. The molecule has 3 heterocycles. The number of benzene rings is 1. The van der Waals surface area contributed by atoms with Gasteiger partial charge in [-0.1, -0.05) is 36.2 Å². The van der Waals surface area contributed by atoms with Gasteiger partial charge in [0, 0.05) is 38.2 Å². The Bertz CT molecular complexity index is 885. The molecule has 0 atom stereocenters. The molecule has 1 fully saturated rings. The summed E-state index contributed by atoms with van der Waals surface area (Å²) in [6.45, 7) is 5.12. The van der Waals surface area contributed by atoms with E-state index in [1.165, 1.54) is 12.0 Å². The molecule has 2 amide bonds. The van der Waals surface area contributed by atoms with E-state index < -0.39 is 0 Å². The highest BCUT2D eigenvalue weighted by Crippen LogP contribution is 2.27. The van der Waals surface area contributed by atoms with Gasteiger partial charge in [0.25, 0.3) is 5.91 Å². The lowest BCUT2D eigenvalue weighted by Crippen LogP contribution is -2.31. The van der Waals surface area contributed by atoms with Crippen LogP contribution in [0.2, 0.25) is 0 Å². The maximum Gasteiger partial charge on any atom is 0.271 e. The first kappa shape index (κ1) is 19.7. The largest absolute Gasteiger partial charge is 0.351 e. The van der Waals surface area contributed by atoms with Gasteiger partial charge in [-0.2, -0.15) is 0 Å². The second-order valence-corrected chi connectivity index (χ2v) is 8.15. The Morgan fingerprint density at radius 1 is 1.07 bits per heavy atom. The Morgan fingerprint density at radius 2 is 1.90 bits per heavy atom. The number of carbonyl (C=O) groups is 2. The van der Waals surface area contributed by atoms with Crippen molar-refractivity contribution in [1.82, 2.24) is 19.8 Å². The smallest absolute Gasteiger partial charge is 0.271 e. The molecule has 6 heteroatoms. The van der Waals surface area contributed by atoms with Crippen LogP contribution >= 0.6 is 0 Å². The zero-order valence-electron chi connectivity index (χ0n) is 17.2. The molecule has 6 nitrogen and oxygen atoms in total. The first-order valence-electron chi connectivity index (χ1n) is 10.9. The number of carbonyl (C=O) groups excluding carboxylic acids is 2. The predicted molar refractivity (Wildman–Crippen MR) is 113 cm³/mol. The lowest BCUT2D eigenvalue weighted by molar-refractivity contribution is -0.127. The molecule has 29 heavy (non-hydrogen) atoms. The van der Waals surface area contributed by atoms with Crippen LogP contribution < -0.4 is 5.32 Å². The molecule has 0 spiro atoms. The Kier molecular flexibility index (Phi) is 5.97. The summed E-state index contributed by atoms with van der Waals surface area (Å²) < 4.78 is 2.25. The Hall–Kier alpha value is -2.63. The number of amides is 2. The first-order valence-corrected chi connectivity index (χ1v) is 10.9. The molecule has 154 valence electrons. The highest BCUT2D eigenvalue weighted by molar-refractivity contribution is 5.94. The average molecular weight is 395 g/mol. The van der Waals surface area contributed by atoms with Gasteiger partial charge in [-0.05, 0) is 39.0 Å². The number of hydrogen-bond donors (Lipinski definition) is 1. The van der Waals surface area contributed by atoms with Crippen molar-refractivity contribution in [2.75, 3.05) is 19.6 Å². The number of aryl methyl sites for hydroxylation is 1. The van der Waals surface area contributed by atoms with Crippen molar-refractivity contribution < 1.29 is 9.59 Å². The summed E-state index contributed by atoms with van der Waals surface area (Å²) in [5.74, 6) is 1.04. The fraction of sp³-hybridized carbons (Fsp3) is 0.522. The molecular weight excluding hydrogens is 364 g/mol. The van der Waals surface area contributed by atoms with Crippen molar-refractivity contribution >= 4 is 11.8 Å². The fourth-order valence-electron chi connectivity index (χ4n) is 4.32. The molecule has 1 aromatic carbocycles. The summed E-state index contributed by atoms with van der Waals surface area (Å²) in [4.78, 5) is 31.3. The van der Waals surface area contributed by atoms with Crippen molar-refractivity contribution in [3.05, 3.63) is 41.2 Å². The Balaban J connectivity index is 1.48. The molecule has 2 aromatic rings. The Labute approximate surface area is 172 Å². The molecular formula is C23H30N4O2. The van der Waals surface area contributed by atoms with Crippen LogP contribution in [-0.4, -0.2) is 45.9 Å². The molecule has 1 saturated heterocycles. The van der Waals surface area contributed by atoms with E-state index in [0.29, 0.717) is 18.7 Å². The van der Waals surface area contributed by atoms with Crippen LogP contribution in [0.5, 0.6) is 0 Å². The van der Waals surface area contributed by atoms with Crippen LogP contribution in [0.1, 0.15) is 60.3 Å². The summed E-state index contributed by atoms with van der Waals surface area (Å²) in [5, 5.41) is 3.03. The molecule has 0 unspecified atom stereocenters. The molecule has 2 aliphatic heterocycles. The molecule has 0 aliphatic carbocycles. The third-order valence-corrected chi connectivity index (χ3v) is 5.95. The van der Waals surface area contributed by atoms with Crippen LogP contribution in [0, 0.1) is 6.92 Å². The molecule has 1 aromatic heterocycles. The van der Waals surface area contributed by atoms with Gasteiger partial charge < -0.3 is 14.8 Å². The van der Waals surface area contributed by atoms with Gasteiger partial charge in [-0.3, -0.25) is 9.59 Å². The quantitative estimate of drug-likeness (QED) is 0.764. The van der Waals surface area contributed by atoms with Crippen molar-refractivity contribution in [2.45, 2.75) is 58.4 Å². The van der Waals surface area contributed by atoms with Crippen molar-refractivity contribution in [3.8, 4) is 11.4 Å². The number of likely N-dealkylation sites (tertiary alicyclic amines) is 1. The average Bonchev–Trinajstić information content (AvgIpc) is 3.20. The lowest BCUT2D eigenvalue weighted by Gasteiger charge is -2.15. The van der Waals surface area contributed by atoms with Gasteiger partial charge in [0.15, 0.2) is 0 Å².